The first-order chi connectivity index (χ1) is 7.16. The van der Waals surface area contributed by atoms with Gasteiger partial charge in [0.05, 0.1) is 12.7 Å². The molecule has 15 heavy (non-hydrogen) atoms. The summed E-state index contributed by atoms with van der Waals surface area (Å²) in [5.41, 5.74) is 3.01. The second-order valence-corrected chi connectivity index (χ2v) is 4.05. The molecule has 1 unspecified atom stereocenters. The predicted molar refractivity (Wildman–Crippen MR) is 62.7 cm³/mol. The van der Waals surface area contributed by atoms with Crippen LogP contribution in [0.2, 0.25) is 0 Å². The molecule has 0 amide bonds. The Morgan fingerprint density at radius 1 is 1.27 bits per heavy atom. The zero-order chi connectivity index (χ0) is 11.5. The summed E-state index contributed by atoms with van der Waals surface area (Å²) in [6, 6.07) is 0. The van der Waals surface area contributed by atoms with Gasteiger partial charge in [0.25, 0.3) is 0 Å². The molecule has 4 heteroatoms. The number of rotatable bonds is 10. The molecule has 0 aliphatic carbocycles. The topological polar surface area (TPSA) is 44.7 Å². The van der Waals surface area contributed by atoms with Gasteiger partial charge in [-0.2, -0.15) is 0 Å². The first-order valence-electron chi connectivity index (χ1n) is 5.83. The van der Waals surface area contributed by atoms with E-state index in [0.717, 1.165) is 13.0 Å². The van der Waals surface area contributed by atoms with Gasteiger partial charge in [0, 0.05) is 27.2 Å². The number of unbranched alkanes of at least 4 members (excludes halogenated alkanes) is 3. The normalized spacial score (nSPS) is 13.4. The monoisotopic (exact) mass is 218 g/mol. The number of aliphatic hydroxyl groups excluding tert-OH is 1. The van der Waals surface area contributed by atoms with Crippen molar-refractivity contribution in [2.24, 2.45) is 0 Å². The summed E-state index contributed by atoms with van der Waals surface area (Å²) >= 11 is 0. The minimum Gasteiger partial charge on any atom is -0.389 e. The van der Waals surface area contributed by atoms with Gasteiger partial charge in [-0.05, 0) is 6.42 Å². The lowest BCUT2D eigenvalue weighted by Crippen LogP contribution is -2.38. The molecular weight excluding hydrogens is 192 g/mol. The van der Waals surface area contributed by atoms with Gasteiger partial charge in [0.1, 0.15) is 0 Å². The highest BCUT2D eigenvalue weighted by atomic mass is 16.5. The Morgan fingerprint density at radius 2 is 2.00 bits per heavy atom. The number of ether oxygens (including phenoxy) is 1. The fourth-order valence-corrected chi connectivity index (χ4v) is 1.20. The maximum absolute atomic E-state index is 9.49. The second-order valence-electron chi connectivity index (χ2n) is 4.05. The van der Waals surface area contributed by atoms with Crippen LogP contribution in [-0.2, 0) is 4.74 Å². The van der Waals surface area contributed by atoms with Crippen LogP contribution in [0.25, 0.3) is 0 Å². The van der Waals surface area contributed by atoms with E-state index in [1.807, 2.05) is 19.1 Å². The van der Waals surface area contributed by atoms with Crippen LogP contribution in [-0.4, -0.2) is 50.1 Å². The van der Waals surface area contributed by atoms with Crippen molar-refractivity contribution in [3.63, 3.8) is 0 Å². The summed E-state index contributed by atoms with van der Waals surface area (Å²) in [5.74, 6) is 0. The Morgan fingerprint density at radius 3 is 2.60 bits per heavy atom. The lowest BCUT2D eigenvalue weighted by atomic mass is 10.2. The largest absolute Gasteiger partial charge is 0.389 e. The third kappa shape index (κ3) is 11.8. The Hall–Kier alpha value is -0.160. The Bertz CT molecular complexity index is 132. The van der Waals surface area contributed by atoms with Crippen molar-refractivity contribution in [2.75, 3.05) is 33.9 Å². The number of hydrogen-bond donors (Lipinski definition) is 2. The molecule has 0 bridgehead atoms. The molecule has 0 aromatic heterocycles. The van der Waals surface area contributed by atoms with Crippen molar-refractivity contribution < 1.29 is 9.84 Å². The summed E-state index contributed by atoms with van der Waals surface area (Å²) in [6.45, 7) is 3.92. The molecule has 0 rings (SSSR count). The summed E-state index contributed by atoms with van der Waals surface area (Å²) in [6.07, 6.45) is 4.42. The van der Waals surface area contributed by atoms with Crippen LogP contribution in [0.4, 0.5) is 0 Å². The maximum atomic E-state index is 9.49. The molecule has 0 aromatic rings. The van der Waals surface area contributed by atoms with Crippen molar-refractivity contribution in [1.29, 1.82) is 0 Å². The van der Waals surface area contributed by atoms with E-state index in [0.29, 0.717) is 13.2 Å². The molecule has 0 aliphatic heterocycles. The summed E-state index contributed by atoms with van der Waals surface area (Å²) in [5, 5.41) is 11.3. The minimum absolute atomic E-state index is 0.418. The molecule has 0 aromatic carbocycles. The molecule has 0 saturated heterocycles. The molecule has 0 heterocycles. The number of nitrogens with zero attached hydrogens (tertiary/aromatic N) is 1. The van der Waals surface area contributed by atoms with Crippen molar-refractivity contribution in [3.8, 4) is 0 Å². The van der Waals surface area contributed by atoms with Gasteiger partial charge in [0.2, 0.25) is 0 Å². The van der Waals surface area contributed by atoms with Crippen LogP contribution in [0.15, 0.2) is 0 Å². The number of aliphatic hydroxyl groups is 1. The van der Waals surface area contributed by atoms with Crippen LogP contribution >= 0.6 is 0 Å². The molecule has 1 atom stereocenters. The van der Waals surface area contributed by atoms with Crippen LogP contribution in [0.1, 0.15) is 32.6 Å². The molecule has 0 spiro atoms. The molecule has 92 valence electrons. The molecule has 0 radical (unpaired) electrons. The van der Waals surface area contributed by atoms with E-state index in [-0.39, 0.29) is 0 Å². The smallest absolute Gasteiger partial charge is 0.0911 e. The van der Waals surface area contributed by atoms with Gasteiger partial charge in [-0.3, -0.25) is 10.4 Å². The summed E-state index contributed by atoms with van der Waals surface area (Å²) < 4.78 is 5.37. The third-order valence-electron chi connectivity index (χ3n) is 2.10. The minimum atomic E-state index is -0.418. The van der Waals surface area contributed by atoms with Gasteiger partial charge >= 0.3 is 0 Å². The number of hydrogen-bond acceptors (Lipinski definition) is 4. The fourth-order valence-electron chi connectivity index (χ4n) is 1.20. The van der Waals surface area contributed by atoms with Crippen LogP contribution in [0, 0.1) is 0 Å². The second kappa shape index (κ2) is 10.4. The SMILES string of the molecule is CCCCCCOCC(O)CNN(C)C. The average molecular weight is 218 g/mol. The molecule has 2 N–H and O–H groups in total. The van der Waals surface area contributed by atoms with Crippen LogP contribution in [0.5, 0.6) is 0 Å². The fraction of sp³-hybridized carbons (Fsp3) is 1.00. The highest BCUT2D eigenvalue weighted by Gasteiger charge is 2.03. The first-order valence-corrected chi connectivity index (χ1v) is 5.83. The Labute approximate surface area is 93.6 Å². The molecule has 4 nitrogen and oxygen atoms in total. The van der Waals surface area contributed by atoms with Gasteiger partial charge in [-0.25, -0.2) is 0 Å². The van der Waals surface area contributed by atoms with Crippen molar-refractivity contribution in [3.05, 3.63) is 0 Å². The van der Waals surface area contributed by atoms with E-state index < -0.39 is 6.10 Å². The van der Waals surface area contributed by atoms with E-state index in [2.05, 4.69) is 12.3 Å². The van der Waals surface area contributed by atoms with E-state index in [1.54, 1.807) is 0 Å². The zero-order valence-corrected chi connectivity index (χ0v) is 10.3. The van der Waals surface area contributed by atoms with Gasteiger partial charge < -0.3 is 9.84 Å². The number of hydrazine groups is 1. The number of nitrogens with one attached hydrogen (secondary N) is 1. The van der Waals surface area contributed by atoms with Gasteiger partial charge in [0.15, 0.2) is 0 Å². The average Bonchev–Trinajstić information content (AvgIpc) is 2.20. The molecule has 0 saturated carbocycles. The van der Waals surface area contributed by atoms with E-state index >= 15 is 0 Å². The van der Waals surface area contributed by atoms with Gasteiger partial charge in [-0.15, -0.1) is 0 Å². The van der Waals surface area contributed by atoms with Crippen molar-refractivity contribution in [1.82, 2.24) is 10.4 Å². The van der Waals surface area contributed by atoms with Crippen molar-refractivity contribution in [2.45, 2.75) is 38.7 Å². The summed E-state index contributed by atoms with van der Waals surface area (Å²) in [7, 11) is 3.80. The van der Waals surface area contributed by atoms with E-state index in [9.17, 15) is 5.11 Å². The maximum Gasteiger partial charge on any atom is 0.0911 e. The standard InChI is InChI=1S/C11H26N2O2/c1-4-5-6-7-8-15-10-11(14)9-12-13(2)3/h11-12,14H,4-10H2,1-3H3. The van der Waals surface area contributed by atoms with E-state index in [4.69, 9.17) is 4.74 Å². The molecule has 0 fully saturated rings. The quantitative estimate of drug-likeness (QED) is 0.424. The van der Waals surface area contributed by atoms with Crippen molar-refractivity contribution >= 4 is 0 Å². The Balaban J connectivity index is 3.13. The summed E-state index contributed by atoms with van der Waals surface area (Å²) in [4.78, 5) is 0. The lowest BCUT2D eigenvalue weighted by Gasteiger charge is -2.16. The van der Waals surface area contributed by atoms with Crippen LogP contribution in [0.3, 0.4) is 0 Å². The zero-order valence-electron chi connectivity index (χ0n) is 10.3. The first kappa shape index (κ1) is 14.8. The predicted octanol–water partition coefficient (Wildman–Crippen LogP) is 1.01. The lowest BCUT2D eigenvalue weighted by molar-refractivity contribution is 0.0274. The highest BCUT2D eigenvalue weighted by Crippen LogP contribution is 1.99. The third-order valence-corrected chi connectivity index (χ3v) is 2.10. The molecular formula is C11H26N2O2. The molecule has 0 aliphatic rings. The van der Waals surface area contributed by atoms with Crippen LogP contribution < -0.4 is 5.43 Å². The van der Waals surface area contributed by atoms with E-state index in [1.165, 1.54) is 19.3 Å². The highest BCUT2D eigenvalue weighted by molar-refractivity contribution is 4.55. The van der Waals surface area contributed by atoms with Gasteiger partial charge in [-0.1, -0.05) is 26.2 Å². The Kier molecular flexibility index (Phi) is 10.3.